The quantitative estimate of drug-likeness (QED) is 0.625. The number of rotatable bonds is 5. The van der Waals surface area contributed by atoms with Crippen LogP contribution in [0.4, 0.5) is 0 Å². The molecule has 0 aliphatic rings. The second kappa shape index (κ2) is 5.04. The van der Waals surface area contributed by atoms with E-state index in [0.717, 1.165) is 0 Å². The Kier molecular flexibility index (Phi) is 5.12. The van der Waals surface area contributed by atoms with Gasteiger partial charge in [0.2, 0.25) is 7.37 Å². The predicted molar refractivity (Wildman–Crippen MR) is 54.0 cm³/mol. The molecule has 0 rings (SSSR count). The molecule has 3 heteroatoms. The van der Waals surface area contributed by atoms with Crippen molar-refractivity contribution in [1.29, 1.82) is 0 Å². The van der Waals surface area contributed by atoms with E-state index >= 15 is 0 Å². The fourth-order valence-electron chi connectivity index (χ4n) is 1.34. The van der Waals surface area contributed by atoms with Gasteiger partial charge in [0.1, 0.15) is 0 Å². The molecule has 0 atom stereocenters. The first kappa shape index (κ1) is 12.2. The maximum atomic E-state index is 12.0. The summed E-state index contributed by atoms with van der Waals surface area (Å²) in [6.07, 6.45) is 1.42. The largest absolute Gasteiger partial charge is 0.332 e. The maximum absolute atomic E-state index is 12.0. The zero-order chi connectivity index (χ0) is 9.78. The zero-order valence-electron chi connectivity index (χ0n) is 8.83. The average molecular weight is 192 g/mol. The molecule has 0 aromatic rings. The van der Waals surface area contributed by atoms with E-state index in [9.17, 15) is 4.57 Å². The van der Waals surface area contributed by atoms with Crippen LogP contribution in [-0.4, -0.2) is 19.4 Å². The Morgan fingerprint density at radius 2 is 1.42 bits per heavy atom. The van der Waals surface area contributed by atoms with Gasteiger partial charge < -0.3 is 4.52 Å². The normalized spacial score (nSPS) is 12.9. The van der Waals surface area contributed by atoms with E-state index in [1.807, 2.05) is 0 Å². The first-order chi connectivity index (χ1) is 5.39. The average Bonchev–Trinajstić information content (AvgIpc) is 1.83. The molecule has 0 unspecified atom stereocenters. The molecule has 0 fully saturated rings. The van der Waals surface area contributed by atoms with Crippen LogP contribution in [0, 0.1) is 11.8 Å². The van der Waals surface area contributed by atoms with Crippen molar-refractivity contribution in [2.24, 2.45) is 11.8 Å². The van der Waals surface area contributed by atoms with E-state index in [1.165, 1.54) is 0 Å². The van der Waals surface area contributed by atoms with Gasteiger partial charge in [0.15, 0.2) is 0 Å². The van der Waals surface area contributed by atoms with Crippen molar-refractivity contribution in [3.63, 3.8) is 0 Å². The lowest BCUT2D eigenvalue weighted by atomic mass is 10.3. The van der Waals surface area contributed by atoms with E-state index in [4.69, 9.17) is 4.52 Å². The summed E-state index contributed by atoms with van der Waals surface area (Å²) in [7, 11) is -0.751. The van der Waals surface area contributed by atoms with Gasteiger partial charge in [0.05, 0.1) is 0 Å². The van der Waals surface area contributed by atoms with Crippen LogP contribution >= 0.6 is 7.37 Å². The molecular formula is C9H21O2P. The summed E-state index contributed by atoms with van der Waals surface area (Å²) in [5, 5.41) is 0. The van der Waals surface area contributed by atoms with Crippen LogP contribution in [0.15, 0.2) is 0 Å². The molecule has 12 heavy (non-hydrogen) atoms. The molecule has 0 aromatic carbocycles. The van der Waals surface area contributed by atoms with Gasteiger partial charge in [0.25, 0.3) is 0 Å². The Hall–Kier alpha value is 0.190. The van der Waals surface area contributed by atoms with Gasteiger partial charge in [-0.05, 0) is 11.8 Å². The molecule has 0 heterocycles. The Morgan fingerprint density at radius 3 is 1.58 bits per heavy atom. The minimum Gasteiger partial charge on any atom is -0.332 e. The van der Waals surface area contributed by atoms with Crippen molar-refractivity contribution >= 4 is 7.37 Å². The third-order valence-electron chi connectivity index (χ3n) is 1.62. The van der Waals surface area contributed by atoms with Gasteiger partial charge in [-0.25, -0.2) is 0 Å². The summed E-state index contributed by atoms with van der Waals surface area (Å²) in [5.41, 5.74) is 0. The third kappa shape index (κ3) is 4.95. The second-order valence-corrected chi connectivity index (χ2v) is 6.87. The fraction of sp³-hybridized carbons (Fsp3) is 1.00. The minimum atomic E-state index is -2.31. The van der Waals surface area contributed by atoms with Crippen molar-refractivity contribution in [2.75, 3.05) is 19.4 Å². The maximum Gasteiger partial charge on any atom is 0.203 e. The van der Waals surface area contributed by atoms with Gasteiger partial charge in [0, 0.05) is 19.4 Å². The number of hydrogen-bond acceptors (Lipinski definition) is 2. The lowest BCUT2D eigenvalue weighted by Gasteiger charge is -2.19. The van der Waals surface area contributed by atoms with Gasteiger partial charge in [-0.1, -0.05) is 27.7 Å². The molecule has 0 saturated heterocycles. The summed E-state index contributed by atoms with van der Waals surface area (Å²) in [6.45, 7) is 8.30. The van der Waals surface area contributed by atoms with Crippen LogP contribution in [0.3, 0.4) is 0 Å². The van der Waals surface area contributed by atoms with Gasteiger partial charge in [-0.15, -0.1) is 0 Å². The second-order valence-electron chi connectivity index (χ2n) is 4.15. The molecule has 0 aromatic heterocycles. The van der Waals surface area contributed by atoms with Gasteiger partial charge in [-0.3, -0.25) is 4.57 Å². The topological polar surface area (TPSA) is 26.3 Å². The van der Waals surface area contributed by atoms with Crippen molar-refractivity contribution in [3.8, 4) is 0 Å². The Morgan fingerprint density at radius 1 is 1.08 bits per heavy atom. The van der Waals surface area contributed by atoms with Crippen molar-refractivity contribution < 1.29 is 9.09 Å². The molecule has 0 saturated carbocycles. The van der Waals surface area contributed by atoms with Crippen molar-refractivity contribution in [3.05, 3.63) is 0 Å². The fourth-order valence-corrected chi connectivity index (χ4v) is 4.01. The Labute approximate surface area is 76.1 Å². The third-order valence-corrected chi connectivity index (χ3v) is 4.86. The Balaban J connectivity index is 4.15. The van der Waals surface area contributed by atoms with Crippen LogP contribution < -0.4 is 0 Å². The SMILES string of the molecule is COP(=O)(CC(C)C)CC(C)C. The standard InChI is InChI=1S/C9H21O2P/c1-8(2)6-12(10,11-5)7-9(3)4/h8-9H,6-7H2,1-5H3. The van der Waals surface area contributed by atoms with Crippen LogP contribution in [0.25, 0.3) is 0 Å². The van der Waals surface area contributed by atoms with Crippen LogP contribution in [-0.2, 0) is 9.09 Å². The van der Waals surface area contributed by atoms with Crippen molar-refractivity contribution in [1.82, 2.24) is 0 Å². The summed E-state index contributed by atoms with van der Waals surface area (Å²) in [6, 6.07) is 0. The minimum absolute atomic E-state index is 0.453. The van der Waals surface area contributed by atoms with Gasteiger partial charge in [-0.2, -0.15) is 0 Å². The van der Waals surface area contributed by atoms with E-state index in [0.29, 0.717) is 24.2 Å². The highest BCUT2D eigenvalue weighted by Crippen LogP contribution is 2.48. The molecule has 0 bridgehead atoms. The smallest absolute Gasteiger partial charge is 0.203 e. The van der Waals surface area contributed by atoms with E-state index < -0.39 is 7.37 Å². The summed E-state index contributed by atoms with van der Waals surface area (Å²) in [4.78, 5) is 0. The highest BCUT2D eigenvalue weighted by molar-refractivity contribution is 7.58. The summed E-state index contributed by atoms with van der Waals surface area (Å²) < 4.78 is 17.1. The van der Waals surface area contributed by atoms with Gasteiger partial charge >= 0.3 is 0 Å². The molecule has 0 amide bonds. The molecule has 74 valence electrons. The molecule has 0 spiro atoms. The molecular weight excluding hydrogens is 171 g/mol. The molecule has 0 N–H and O–H groups in total. The monoisotopic (exact) mass is 192 g/mol. The predicted octanol–water partition coefficient (Wildman–Crippen LogP) is 3.22. The summed E-state index contributed by atoms with van der Waals surface area (Å²) in [5.74, 6) is 0.907. The molecule has 0 aliphatic carbocycles. The highest BCUT2D eigenvalue weighted by atomic mass is 31.2. The lowest BCUT2D eigenvalue weighted by Crippen LogP contribution is -2.07. The molecule has 0 radical (unpaired) electrons. The molecule has 2 nitrogen and oxygen atoms in total. The first-order valence-electron chi connectivity index (χ1n) is 4.53. The lowest BCUT2D eigenvalue weighted by molar-refractivity contribution is 0.382. The van der Waals surface area contributed by atoms with Crippen molar-refractivity contribution in [2.45, 2.75) is 27.7 Å². The van der Waals surface area contributed by atoms with E-state index in [1.54, 1.807) is 7.11 Å². The Bertz CT molecular complexity index is 150. The van der Waals surface area contributed by atoms with E-state index in [-0.39, 0.29) is 0 Å². The van der Waals surface area contributed by atoms with Crippen LogP contribution in [0.5, 0.6) is 0 Å². The van der Waals surface area contributed by atoms with E-state index in [2.05, 4.69) is 27.7 Å². The van der Waals surface area contributed by atoms with Crippen LogP contribution in [0.1, 0.15) is 27.7 Å². The molecule has 0 aliphatic heterocycles. The number of hydrogen-bond donors (Lipinski definition) is 0. The zero-order valence-corrected chi connectivity index (χ0v) is 9.73. The van der Waals surface area contributed by atoms with Crippen LogP contribution in [0.2, 0.25) is 0 Å². The first-order valence-corrected chi connectivity index (χ1v) is 6.53. The summed E-state index contributed by atoms with van der Waals surface area (Å²) >= 11 is 0. The highest BCUT2D eigenvalue weighted by Gasteiger charge is 2.23.